The van der Waals surface area contributed by atoms with Crippen molar-refractivity contribution in [1.29, 1.82) is 0 Å². The van der Waals surface area contributed by atoms with Gasteiger partial charge in [-0.25, -0.2) is 0 Å². The SMILES string of the molecule is O=C1CNCc2cccn21. The van der Waals surface area contributed by atoms with E-state index in [1.165, 1.54) is 0 Å². The Hall–Kier alpha value is -1.09. The molecule has 1 aromatic heterocycles. The summed E-state index contributed by atoms with van der Waals surface area (Å²) in [5.41, 5.74) is 1.05. The van der Waals surface area contributed by atoms with E-state index in [-0.39, 0.29) is 5.91 Å². The maximum atomic E-state index is 11.0. The zero-order chi connectivity index (χ0) is 6.97. The number of carbonyl (C=O) groups excluding carboxylic acids is 1. The highest BCUT2D eigenvalue weighted by Crippen LogP contribution is 2.04. The Morgan fingerprint density at radius 1 is 1.50 bits per heavy atom. The molecule has 2 heterocycles. The summed E-state index contributed by atoms with van der Waals surface area (Å²) in [5.74, 6) is 0.131. The van der Waals surface area contributed by atoms with Crippen LogP contribution in [0.5, 0.6) is 0 Å². The number of aromatic nitrogens is 1. The zero-order valence-corrected chi connectivity index (χ0v) is 5.50. The fraction of sp³-hybridized carbons (Fsp3) is 0.286. The molecule has 0 fully saturated rings. The van der Waals surface area contributed by atoms with Gasteiger partial charge in [-0.05, 0) is 12.1 Å². The van der Waals surface area contributed by atoms with Gasteiger partial charge in [0.25, 0.3) is 0 Å². The summed E-state index contributed by atoms with van der Waals surface area (Å²) in [5, 5.41) is 3.01. The lowest BCUT2D eigenvalue weighted by Gasteiger charge is -2.13. The second-order valence-electron chi connectivity index (χ2n) is 2.37. The highest BCUT2D eigenvalue weighted by atomic mass is 16.2. The lowest BCUT2D eigenvalue weighted by Crippen LogP contribution is -2.34. The fourth-order valence-electron chi connectivity index (χ4n) is 1.19. The van der Waals surface area contributed by atoms with Crippen LogP contribution in [0.3, 0.4) is 0 Å². The number of nitrogens with zero attached hydrogens (tertiary/aromatic N) is 1. The molecule has 0 spiro atoms. The van der Waals surface area contributed by atoms with Crippen LogP contribution in [-0.4, -0.2) is 17.0 Å². The minimum atomic E-state index is 0.131. The van der Waals surface area contributed by atoms with Gasteiger partial charge < -0.3 is 5.32 Å². The van der Waals surface area contributed by atoms with Crippen LogP contribution in [0.4, 0.5) is 0 Å². The van der Waals surface area contributed by atoms with E-state index in [1.54, 1.807) is 10.8 Å². The third-order valence-corrected chi connectivity index (χ3v) is 1.68. The molecule has 1 aliphatic heterocycles. The van der Waals surface area contributed by atoms with Crippen LogP contribution in [0.25, 0.3) is 0 Å². The predicted octanol–water partition coefficient (Wildman–Crippen LogP) is 0.231. The summed E-state index contributed by atoms with van der Waals surface area (Å²) >= 11 is 0. The first-order chi connectivity index (χ1) is 4.88. The van der Waals surface area contributed by atoms with Crippen molar-refractivity contribution in [3.8, 4) is 0 Å². The Labute approximate surface area is 58.7 Å². The Morgan fingerprint density at radius 2 is 2.40 bits per heavy atom. The Kier molecular flexibility index (Phi) is 1.11. The number of hydrogen-bond acceptors (Lipinski definition) is 2. The first kappa shape index (κ1) is 5.68. The van der Waals surface area contributed by atoms with Gasteiger partial charge >= 0.3 is 0 Å². The summed E-state index contributed by atoms with van der Waals surface area (Å²) in [7, 11) is 0. The maximum absolute atomic E-state index is 11.0. The zero-order valence-electron chi connectivity index (χ0n) is 5.50. The normalized spacial score (nSPS) is 17.0. The lowest BCUT2D eigenvalue weighted by atomic mass is 10.3. The van der Waals surface area contributed by atoms with Crippen molar-refractivity contribution in [2.75, 3.05) is 6.54 Å². The largest absolute Gasteiger partial charge is 0.303 e. The van der Waals surface area contributed by atoms with Crippen LogP contribution in [0, 0.1) is 0 Å². The van der Waals surface area contributed by atoms with E-state index >= 15 is 0 Å². The average Bonchev–Trinajstić information content (AvgIpc) is 2.36. The number of rotatable bonds is 0. The molecule has 0 aromatic carbocycles. The predicted molar refractivity (Wildman–Crippen MR) is 36.8 cm³/mol. The number of hydrogen-bond donors (Lipinski definition) is 1. The van der Waals surface area contributed by atoms with Gasteiger partial charge in [0.05, 0.1) is 6.54 Å². The monoisotopic (exact) mass is 136 g/mol. The van der Waals surface area contributed by atoms with E-state index in [9.17, 15) is 4.79 Å². The molecule has 0 atom stereocenters. The molecule has 52 valence electrons. The van der Waals surface area contributed by atoms with E-state index in [0.717, 1.165) is 12.2 Å². The van der Waals surface area contributed by atoms with Crippen LogP contribution in [-0.2, 0) is 6.54 Å². The molecular weight excluding hydrogens is 128 g/mol. The van der Waals surface area contributed by atoms with Crippen molar-refractivity contribution in [3.63, 3.8) is 0 Å². The fourth-order valence-corrected chi connectivity index (χ4v) is 1.19. The van der Waals surface area contributed by atoms with Crippen molar-refractivity contribution in [2.45, 2.75) is 6.54 Å². The molecule has 1 aliphatic rings. The van der Waals surface area contributed by atoms with Crippen LogP contribution >= 0.6 is 0 Å². The minimum absolute atomic E-state index is 0.131. The first-order valence-electron chi connectivity index (χ1n) is 3.28. The van der Waals surface area contributed by atoms with E-state index in [4.69, 9.17) is 0 Å². The Balaban J connectivity index is 2.50. The van der Waals surface area contributed by atoms with Crippen LogP contribution < -0.4 is 5.32 Å². The van der Waals surface area contributed by atoms with E-state index < -0.39 is 0 Å². The summed E-state index contributed by atoms with van der Waals surface area (Å²) in [6.45, 7) is 1.26. The van der Waals surface area contributed by atoms with Crippen molar-refractivity contribution in [1.82, 2.24) is 9.88 Å². The van der Waals surface area contributed by atoms with Crippen molar-refractivity contribution < 1.29 is 4.79 Å². The summed E-state index contributed by atoms with van der Waals surface area (Å²) < 4.78 is 1.69. The van der Waals surface area contributed by atoms with Crippen molar-refractivity contribution in [2.24, 2.45) is 0 Å². The van der Waals surface area contributed by atoms with E-state index in [0.29, 0.717) is 6.54 Å². The lowest BCUT2D eigenvalue weighted by molar-refractivity contribution is 0.0894. The molecule has 1 N–H and O–H groups in total. The molecule has 3 heteroatoms. The van der Waals surface area contributed by atoms with Gasteiger partial charge in [0.15, 0.2) is 0 Å². The third kappa shape index (κ3) is 0.675. The van der Waals surface area contributed by atoms with Gasteiger partial charge in [0.1, 0.15) is 0 Å². The first-order valence-corrected chi connectivity index (χ1v) is 3.28. The van der Waals surface area contributed by atoms with Crippen LogP contribution in [0.15, 0.2) is 18.3 Å². The highest BCUT2D eigenvalue weighted by molar-refractivity contribution is 5.82. The molecule has 0 saturated carbocycles. The molecule has 0 radical (unpaired) electrons. The number of nitrogens with one attached hydrogen (secondary N) is 1. The highest BCUT2D eigenvalue weighted by Gasteiger charge is 2.12. The smallest absolute Gasteiger partial charge is 0.244 e. The second-order valence-corrected chi connectivity index (χ2v) is 2.37. The van der Waals surface area contributed by atoms with Gasteiger partial charge in [0.2, 0.25) is 5.91 Å². The van der Waals surface area contributed by atoms with Gasteiger partial charge in [-0.15, -0.1) is 0 Å². The van der Waals surface area contributed by atoms with Gasteiger partial charge in [0, 0.05) is 18.4 Å². The summed E-state index contributed by atoms with van der Waals surface area (Å²) in [6, 6.07) is 3.84. The molecule has 3 nitrogen and oxygen atoms in total. The molecule has 0 aliphatic carbocycles. The molecule has 0 saturated heterocycles. The topological polar surface area (TPSA) is 34.0 Å². The van der Waals surface area contributed by atoms with Gasteiger partial charge in [-0.3, -0.25) is 9.36 Å². The molecule has 1 aromatic rings. The van der Waals surface area contributed by atoms with Gasteiger partial charge in [-0.2, -0.15) is 0 Å². The van der Waals surface area contributed by atoms with Crippen LogP contribution in [0.1, 0.15) is 10.5 Å². The minimum Gasteiger partial charge on any atom is -0.303 e. The van der Waals surface area contributed by atoms with Gasteiger partial charge in [-0.1, -0.05) is 0 Å². The second kappa shape index (κ2) is 1.95. The molecule has 0 amide bonds. The third-order valence-electron chi connectivity index (χ3n) is 1.68. The van der Waals surface area contributed by atoms with Crippen molar-refractivity contribution in [3.05, 3.63) is 24.0 Å². The molecule has 0 bridgehead atoms. The standard InChI is InChI=1S/C7H8N2O/c10-7-5-8-4-6-2-1-3-9(6)7/h1-3,8H,4-5H2. The summed E-state index contributed by atoms with van der Waals surface area (Å²) in [6.07, 6.45) is 1.80. The summed E-state index contributed by atoms with van der Waals surface area (Å²) in [4.78, 5) is 11.0. The number of carbonyl (C=O) groups is 1. The number of fused-ring (bicyclic) bond motifs is 1. The Morgan fingerprint density at radius 3 is 3.20 bits per heavy atom. The molecular formula is C7H8N2O. The van der Waals surface area contributed by atoms with Crippen molar-refractivity contribution >= 4 is 5.91 Å². The average molecular weight is 136 g/mol. The van der Waals surface area contributed by atoms with Crippen LogP contribution in [0.2, 0.25) is 0 Å². The Bertz CT molecular complexity index is 264. The van der Waals surface area contributed by atoms with E-state index in [1.807, 2.05) is 12.1 Å². The molecule has 2 rings (SSSR count). The maximum Gasteiger partial charge on any atom is 0.244 e. The molecule has 10 heavy (non-hydrogen) atoms. The quantitative estimate of drug-likeness (QED) is 0.554. The van der Waals surface area contributed by atoms with E-state index in [2.05, 4.69) is 5.32 Å². The molecule has 0 unspecified atom stereocenters.